The molecule has 1 aliphatic heterocycles. The van der Waals surface area contributed by atoms with Crippen molar-refractivity contribution in [2.75, 3.05) is 0 Å². The van der Waals surface area contributed by atoms with E-state index < -0.39 is 0 Å². The lowest BCUT2D eigenvalue weighted by molar-refractivity contribution is 1.10. The number of nitrogens with one attached hydrogen (secondary N) is 1. The molecule has 0 aromatic heterocycles. The van der Waals surface area contributed by atoms with E-state index in [1.165, 1.54) is 5.57 Å². The molecule has 0 spiro atoms. The van der Waals surface area contributed by atoms with Gasteiger partial charge in [0.25, 0.3) is 0 Å². The van der Waals surface area contributed by atoms with Crippen LogP contribution in [0.5, 0.6) is 0 Å². The van der Waals surface area contributed by atoms with Gasteiger partial charge in [-0.2, -0.15) is 5.10 Å². The maximum Gasteiger partial charge on any atom is 0.0617 e. The highest BCUT2D eigenvalue weighted by Crippen LogP contribution is 2.02. The Morgan fingerprint density at radius 2 is 2.33 bits per heavy atom. The van der Waals surface area contributed by atoms with Crippen LogP contribution in [0.3, 0.4) is 0 Å². The minimum atomic E-state index is -0.257. The second kappa shape index (κ2) is 2.58. The van der Waals surface area contributed by atoms with Crippen molar-refractivity contribution >= 4 is 26.5 Å². The minimum Gasteiger partial charge on any atom is -0.245 e. The first-order chi connectivity index (χ1) is 4.20. The second-order valence-electron chi connectivity index (χ2n) is 1.89. The Morgan fingerprint density at radius 1 is 1.67 bits per heavy atom. The van der Waals surface area contributed by atoms with Gasteiger partial charge < -0.3 is 0 Å². The maximum absolute atomic E-state index is 4.95. The summed E-state index contributed by atoms with van der Waals surface area (Å²) < 4.78 is 0. The fourth-order valence-corrected chi connectivity index (χ4v) is 1.79. The highest BCUT2D eigenvalue weighted by molar-refractivity contribution is 8.29. The van der Waals surface area contributed by atoms with Gasteiger partial charge in [0, 0.05) is 15.0 Å². The highest BCUT2D eigenvalue weighted by atomic mass is 32.8. The second-order valence-corrected chi connectivity index (χ2v) is 3.98. The van der Waals surface area contributed by atoms with Crippen molar-refractivity contribution in [1.82, 2.24) is 4.83 Å². The average molecular weight is 160 g/mol. The van der Waals surface area contributed by atoms with Gasteiger partial charge in [-0.25, -0.2) is 4.83 Å². The molecule has 50 valence electrons. The van der Waals surface area contributed by atoms with Crippen molar-refractivity contribution in [3.8, 4) is 0 Å². The Morgan fingerprint density at radius 3 is 2.78 bits per heavy atom. The van der Waals surface area contributed by atoms with Crippen LogP contribution in [-0.4, -0.2) is 5.71 Å². The molecule has 1 atom stereocenters. The summed E-state index contributed by atoms with van der Waals surface area (Å²) in [6, 6.07) is 0. The first-order valence-electron chi connectivity index (χ1n) is 2.59. The van der Waals surface area contributed by atoms with Crippen LogP contribution in [0.1, 0.15) is 13.8 Å². The summed E-state index contributed by atoms with van der Waals surface area (Å²) in [6.45, 7) is 3.98. The molecule has 0 saturated carbocycles. The summed E-state index contributed by atoms with van der Waals surface area (Å²) in [5.41, 5.74) is 2.22. The number of hydrogen-bond donors (Lipinski definition) is 1. The molecule has 1 N–H and O–H groups in total. The lowest BCUT2D eigenvalue weighted by atomic mass is 10.2. The summed E-state index contributed by atoms with van der Waals surface area (Å²) in [5, 5.41) is 6.01. The Kier molecular flexibility index (Phi) is 1.97. The third-order valence-corrected chi connectivity index (χ3v) is 2.51. The molecule has 0 aromatic rings. The molecule has 0 saturated heterocycles. The molecule has 9 heavy (non-hydrogen) atoms. The fourth-order valence-electron chi connectivity index (χ4n) is 0.474. The van der Waals surface area contributed by atoms with Crippen molar-refractivity contribution < 1.29 is 0 Å². The molecule has 1 aliphatic rings. The molecule has 1 rings (SSSR count). The molecule has 0 aliphatic carbocycles. The van der Waals surface area contributed by atoms with Crippen molar-refractivity contribution in [1.29, 1.82) is 0 Å². The molecule has 1 unspecified atom stereocenters. The molecule has 0 fully saturated rings. The van der Waals surface area contributed by atoms with Crippen LogP contribution in [0, 0.1) is 0 Å². The number of nitrogens with zero attached hydrogens (tertiary/aromatic N) is 1. The van der Waals surface area contributed by atoms with Crippen LogP contribution in [0.15, 0.2) is 16.1 Å². The van der Waals surface area contributed by atoms with E-state index in [1.54, 1.807) is 0 Å². The van der Waals surface area contributed by atoms with E-state index in [-0.39, 0.29) is 9.64 Å². The zero-order valence-corrected chi connectivity index (χ0v) is 6.97. The van der Waals surface area contributed by atoms with Crippen LogP contribution >= 0.6 is 0 Å². The van der Waals surface area contributed by atoms with E-state index in [4.69, 9.17) is 11.2 Å². The van der Waals surface area contributed by atoms with E-state index in [9.17, 15) is 0 Å². The fraction of sp³-hybridized carbons (Fsp3) is 0.400. The summed E-state index contributed by atoms with van der Waals surface area (Å²) in [6.07, 6.45) is 0. The molecule has 0 amide bonds. The van der Waals surface area contributed by atoms with Crippen LogP contribution in [0.25, 0.3) is 0 Å². The van der Waals surface area contributed by atoms with E-state index in [2.05, 4.69) is 9.93 Å². The van der Waals surface area contributed by atoms with Crippen LogP contribution in [0.4, 0.5) is 0 Å². The highest BCUT2D eigenvalue weighted by Gasteiger charge is 2.00. The Bertz CT molecular complexity index is 205. The van der Waals surface area contributed by atoms with Gasteiger partial charge in [0.15, 0.2) is 0 Å². The van der Waals surface area contributed by atoms with Gasteiger partial charge in [0.2, 0.25) is 0 Å². The van der Waals surface area contributed by atoms with Gasteiger partial charge in [0.05, 0.1) is 5.71 Å². The lowest BCUT2D eigenvalue weighted by Crippen LogP contribution is -2.15. The average Bonchev–Trinajstić information content (AvgIpc) is 1.80. The Hall–Kier alpha value is -0.220. The third kappa shape index (κ3) is 1.59. The number of allylic oxidation sites excluding steroid dienone is 1. The molecule has 0 aromatic carbocycles. The molecule has 1 heterocycles. The molecule has 2 nitrogen and oxygen atoms in total. The zero-order valence-electron chi connectivity index (χ0n) is 5.34. The van der Waals surface area contributed by atoms with E-state index in [0.717, 1.165) is 5.71 Å². The normalized spacial score (nSPS) is 26.2. The quantitative estimate of drug-likeness (QED) is 0.568. The summed E-state index contributed by atoms with van der Waals surface area (Å²) in [5.74, 6) is 0. The summed E-state index contributed by atoms with van der Waals surface area (Å²) in [7, 11) is -0.257. The lowest BCUT2D eigenvalue weighted by Gasteiger charge is -2.08. The summed E-state index contributed by atoms with van der Waals surface area (Å²) >= 11 is 4.95. The number of rotatable bonds is 0. The minimum absolute atomic E-state index is 0.257. The van der Waals surface area contributed by atoms with Crippen molar-refractivity contribution in [3.05, 3.63) is 11.0 Å². The van der Waals surface area contributed by atoms with Crippen molar-refractivity contribution in [2.24, 2.45) is 5.10 Å². The van der Waals surface area contributed by atoms with Gasteiger partial charge in [-0.05, 0) is 30.6 Å². The van der Waals surface area contributed by atoms with Gasteiger partial charge in [-0.15, -0.1) is 0 Å². The topological polar surface area (TPSA) is 24.4 Å². The monoisotopic (exact) mass is 160 g/mol. The van der Waals surface area contributed by atoms with Crippen LogP contribution in [-0.2, 0) is 20.8 Å². The largest absolute Gasteiger partial charge is 0.245 e. The molecule has 0 bridgehead atoms. The Labute approximate surface area is 61.8 Å². The van der Waals surface area contributed by atoms with Crippen molar-refractivity contribution in [2.45, 2.75) is 13.8 Å². The molecule has 4 heteroatoms. The predicted molar refractivity (Wildman–Crippen MR) is 44.7 cm³/mol. The predicted octanol–water partition coefficient (Wildman–Crippen LogP) is 0.865. The molecular formula is C5H8N2S2. The Balaban J connectivity index is 2.87. The van der Waals surface area contributed by atoms with E-state index in [1.807, 2.05) is 19.3 Å². The smallest absolute Gasteiger partial charge is 0.0617 e. The standard InChI is InChI=1S/C5H8N2S2/c1-4-3-9(8)7-6-5(4)2/h3,7H,1-2H3. The van der Waals surface area contributed by atoms with Gasteiger partial charge >= 0.3 is 0 Å². The molecular weight excluding hydrogens is 152 g/mol. The number of hydrazone groups is 1. The van der Waals surface area contributed by atoms with Crippen LogP contribution < -0.4 is 4.83 Å². The first kappa shape index (κ1) is 6.89. The SMILES string of the molecule is CC1=CS(=S)NN=C1C. The van der Waals surface area contributed by atoms with Crippen LogP contribution in [0.2, 0.25) is 0 Å². The van der Waals surface area contributed by atoms with Crippen molar-refractivity contribution in [3.63, 3.8) is 0 Å². The summed E-state index contributed by atoms with van der Waals surface area (Å²) in [4.78, 5) is 2.82. The number of hydrogen-bond acceptors (Lipinski definition) is 2. The third-order valence-electron chi connectivity index (χ3n) is 1.16. The van der Waals surface area contributed by atoms with E-state index in [0.29, 0.717) is 0 Å². The van der Waals surface area contributed by atoms with Gasteiger partial charge in [0.1, 0.15) is 0 Å². The maximum atomic E-state index is 4.95. The van der Waals surface area contributed by atoms with Gasteiger partial charge in [-0.3, -0.25) is 0 Å². The first-order valence-corrected chi connectivity index (χ1v) is 4.81. The van der Waals surface area contributed by atoms with Gasteiger partial charge in [-0.1, -0.05) is 0 Å². The van der Waals surface area contributed by atoms with E-state index >= 15 is 0 Å². The zero-order chi connectivity index (χ0) is 6.85. The molecule has 0 radical (unpaired) electrons.